The fraction of sp³-hybridized carbons (Fsp3) is 0.0732. The summed E-state index contributed by atoms with van der Waals surface area (Å²) in [6, 6.07) is 124. The Balaban J connectivity index is 0.000000163. The van der Waals surface area contributed by atoms with Crippen molar-refractivity contribution in [3.05, 3.63) is 369 Å². The van der Waals surface area contributed by atoms with Gasteiger partial charge in [-0.05, 0) is 114 Å². The number of thiol groups is 1. The molecule has 0 N–H and O–H groups in total. The van der Waals surface area contributed by atoms with Crippen LogP contribution in [0.3, 0.4) is 0 Å². The summed E-state index contributed by atoms with van der Waals surface area (Å²) in [7, 11) is -1.66. The third-order valence-electron chi connectivity index (χ3n) is 16.2. The topological polar surface area (TPSA) is 0 Å². The van der Waals surface area contributed by atoms with Crippen LogP contribution in [0.25, 0.3) is 24.4 Å². The van der Waals surface area contributed by atoms with Crippen molar-refractivity contribution in [2.75, 3.05) is 24.7 Å². The largest absolute Gasteiger partial charge is 2.00 e. The van der Waals surface area contributed by atoms with E-state index in [2.05, 4.69) is 371 Å². The van der Waals surface area contributed by atoms with Crippen LogP contribution >= 0.6 is 57.8 Å². The fourth-order valence-electron chi connectivity index (χ4n) is 12.1. The number of allylic oxidation sites excluding steroid dienone is 1. The van der Waals surface area contributed by atoms with Crippen LogP contribution in [0, 0.1) is 18.8 Å². The van der Waals surface area contributed by atoms with E-state index in [-0.39, 0.29) is 24.9 Å². The molecule has 10 aromatic carbocycles. The summed E-state index contributed by atoms with van der Waals surface area (Å²) >= 11 is 6.81. The van der Waals surface area contributed by atoms with E-state index in [4.69, 9.17) is 0 Å². The second-order valence-corrected chi connectivity index (χ2v) is 33.1. The van der Waals surface area contributed by atoms with Crippen molar-refractivity contribution in [3.8, 4) is 19.5 Å². The van der Waals surface area contributed by atoms with Crippen LogP contribution in [0.1, 0.15) is 11.8 Å². The van der Waals surface area contributed by atoms with Crippen LogP contribution in [0.15, 0.2) is 351 Å². The number of rotatable bonds is 21. The van der Waals surface area contributed by atoms with E-state index in [1.54, 1.807) is 11.3 Å². The standard InChI is InChI=1S/C41H39P3.C24H20B.C17H14S4.Rh/c1-41(32-42(35-20-8-2-9-21-35)36-22-10-3-11-23-36,33-43(37-24-12-4-13-25-37)38-26-14-5-15-27-38)34-44(39-28-16-6-17-29-39)40-30-18-7-19-31-40;1-5-13-21(14-6-1)25(22-15-7-2-8-16-22,23-17-9-3-10-18-23)24-19-11-4-12-20-24;1-3-5-12(18-2)14-7-9-16(20-14)17-10-8-15(21-17)13-6-4-11-19-13;/h2-31H,32-34H2,1H3;1-20H;3-11H,1H2,2H3;/q;-1;-2;+2/p+1/b;;12-5-;. The van der Waals surface area contributed by atoms with Gasteiger partial charge in [0, 0.05) is 24.4 Å². The van der Waals surface area contributed by atoms with Crippen LogP contribution in [0.5, 0.6) is 0 Å². The van der Waals surface area contributed by atoms with E-state index in [1.807, 2.05) is 29.1 Å². The molecule has 0 saturated heterocycles. The van der Waals surface area contributed by atoms with Gasteiger partial charge in [0.1, 0.15) is 6.15 Å². The first kappa shape index (κ1) is 67.1. The number of thiophene rings is 3. The number of hydrogen-bond acceptors (Lipinski definition) is 3. The van der Waals surface area contributed by atoms with E-state index < -0.39 is 29.9 Å². The quantitative estimate of drug-likeness (QED) is 0.0221. The van der Waals surface area contributed by atoms with E-state index in [0.29, 0.717) is 0 Å². The maximum absolute atomic E-state index is 3.80. The predicted molar refractivity (Wildman–Crippen MR) is 413 cm³/mol. The van der Waals surface area contributed by atoms with Crippen LogP contribution < -0.4 is 53.7 Å². The molecule has 0 fully saturated rings. The van der Waals surface area contributed by atoms with Crippen LogP contribution in [-0.4, -0.2) is 30.9 Å². The fourth-order valence-corrected chi connectivity index (χ4v) is 24.6. The Hall–Kier alpha value is -6.76. The summed E-state index contributed by atoms with van der Waals surface area (Å²) in [6.45, 7) is 6.41. The molecule has 0 aliphatic carbocycles. The summed E-state index contributed by atoms with van der Waals surface area (Å²) in [5.41, 5.74) is 5.43. The Kier molecular flexibility index (Phi) is 25.3. The Labute approximate surface area is 574 Å². The minimum Gasteiger partial charge on any atom is -0.412 e. The Morgan fingerprint density at radius 1 is 0.374 bits per heavy atom. The van der Waals surface area contributed by atoms with Crippen molar-refractivity contribution in [3.63, 3.8) is 0 Å². The second-order valence-electron chi connectivity index (χ2n) is 22.4. The zero-order chi connectivity index (χ0) is 61.6. The van der Waals surface area contributed by atoms with Gasteiger partial charge < -0.3 is 13.3 Å². The third-order valence-corrected chi connectivity index (χ3v) is 29.5. The molecule has 0 amide bonds. The summed E-state index contributed by atoms with van der Waals surface area (Å²) in [6.07, 6.45) is 8.35. The minimum atomic E-state index is -1.22. The first-order chi connectivity index (χ1) is 44.4. The third kappa shape index (κ3) is 17.3. The van der Waals surface area contributed by atoms with E-state index in [9.17, 15) is 0 Å². The van der Waals surface area contributed by atoms with E-state index in [1.165, 1.54) is 94.7 Å². The van der Waals surface area contributed by atoms with Crippen LogP contribution in [0.4, 0.5) is 0 Å². The molecule has 91 heavy (non-hydrogen) atoms. The molecule has 13 aromatic rings. The molecular formula is C82H74BP3RhS4. The minimum absolute atomic E-state index is 0. The summed E-state index contributed by atoms with van der Waals surface area (Å²) in [5, 5.41) is 10.9. The van der Waals surface area contributed by atoms with Crippen molar-refractivity contribution in [1.29, 1.82) is 0 Å². The predicted octanol–water partition coefficient (Wildman–Crippen LogP) is 17.5. The monoisotopic (exact) mass is 1390 g/mol. The molecule has 13 rings (SSSR count). The molecule has 0 aliphatic heterocycles. The summed E-state index contributed by atoms with van der Waals surface area (Å²) in [4.78, 5) is 8.06. The van der Waals surface area contributed by atoms with Crippen molar-refractivity contribution < 1.29 is 19.5 Å². The molecule has 9 heteroatoms. The second kappa shape index (κ2) is 34.2. The molecule has 453 valence electrons. The Morgan fingerprint density at radius 3 is 0.923 bits per heavy atom. The molecule has 1 radical (unpaired) electrons. The first-order valence-corrected chi connectivity index (χ1v) is 39.0. The van der Waals surface area contributed by atoms with Gasteiger partial charge in [-0.15, -0.1) is 34.0 Å². The normalized spacial score (nSPS) is 11.5. The summed E-state index contributed by atoms with van der Waals surface area (Å²) < 4.78 is 0. The smallest absolute Gasteiger partial charge is 0.412 e. The molecule has 0 atom stereocenters. The molecule has 0 spiro atoms. The Morgan fingerprint density at radius 2 is 0.648 bits per heavy atom. The van der Waals surface area contributed by atoms with Crippen molar-refractivity contribution >= 4 is 134 Å². The van der Waals surface area contributed by atoms with Crippen LogP contribution in [0.2, 0.25) is 0 Å². The number of benzene rings is 10. The average molecular weight is 1390 g/mol. The van der Waals surface area contributed by atoms with Gasteiger partial charge in [-0.2, -0.15) is 21.9 Å². The van der Waals surface area contributed by atoms with E-state index in [0.717, 1.165) is 18.5 Å². The zero-order valence-electron chi connectivity index (χ0n) is 51.3. The first-order valence-electron chi connectivity index (χ1n) is 30.6. The maximum Gasteiger partial charge on any atom is 2.00 e. The summed E-state index contributed by atoms with van der Waals surface area (Å²) in [5.74, 6) is 0. The SMILES string of the molecule is CC(CP(c1ccccc1)c1ccccc1)(CP(c1ccccc1)c1ccccc1)CP(c1ccccc1)c1ccccc1.[CH2-][CH-]/C=C(\[SH+]C)c1ccc(-c2ccc(-c3cccs3)s2)s1.[Rh+2].c1ccc([B-](c2ccccc2)(c2ccccc2)c2ccccc2)cc1. The molecule has 3 heterocycles. The van der Waals surface area contributed by atoms with Gasteiger partial charge in [-0.1, -0.05) is 334 Å². The van der Waals surface area contributed by atoms with Crippen molar-refractivity contribution in [2.24, 2.45) is 5.41 Å². The van der Waals surface area contributed by atoms with Gasteiger partial charge in [0.2, 0.25) is 0 Å². The molecule has 0 saturated carbocycles. The van der Waals surface area contributed by atoms with E-state index >= 15 is 0 Å². The average Bonchev–Trinajstić information content (AvgIpc) is 1.32. The van der Waals surface area contributed by atoms with Gasteiger partial charge >= 0.3 is 19.5 Å². The Bertz CT molecular complexity index is 3690. The molecule has 0 nitrogen and oxygen atoms in total. The molecule has 0 aliphatic rings. The van der Waals surface area contributed by atoms with Gasteiger partial charge in [0.15, 0.2) is 0 Å². The number of hydrogen-bond donors (Lipinski definition) is 0. The van der Waals surface area contributed by atoms with Gasteiger partial charge in [0.25, 0.3) is 0 Å². The van der Waals surface area contributed by atoms with Crippen LogP contribution in [-0.2, 0) is 31.2 Å². The van der Waals surface area contributed by atoms with Gasteiger partial charge in [0.05, 0.1) is 6.26 Å². The van der Waals surface area contributed by atoms with Gasteiger partial charge in [-0.3, -0.25) is 0 Å². The molecule has 3 aromatic heterocycles. The zero-order valence-corrected chi connectivity index (χ0v) is 59.0. The maximum atomic E-state index is 3.80. The molecule has 0 unspecified atom stereocenters. The van der Waals surface area contributed by atoms with Gasteiger partial charge in [-0.25, -0.2) is 6.08 Å². The molecule has 0 bridgehead atoms. The molecular weight excluding hydrogens is 1320 g/mol. The van der Waals surface area contributed by atoms with Crippen molar-refractivity contribution in [1.82, 2.24) is 0 Å². The van der Waals surface area contributed by atoms with Crippen molar-refractivity contribution in [2.45, 2.75) is 6.92 Å².